The first-order valence-corrected chi connectivity index (χ1v) is 23.1. The standard InChI is InChI=1S/C44H82NO7P/c1-3-5-7-9-11-13-14-15-16-17-18-19-20-21-22-23-24-25-26-27-28-29-30-32-34-36-39-49-41-43(42-51-53(47,48)50-40-38-45)52-44(46)37-35-33-31-12-10-8-6-4-2/h5,7,11,13,15-16,18-19,43H,3-4,6,8-10,12,14,17,20-42,45H2,1-2H3,(H,47,48)/b7-5-,13-11-,16-15-,19-18-. The molecule has 0 rings (SSSR count). The first-order chi connectivity index (χ1) is 25.9. The van der Waals surface area contributed by atoms with Gasteiger partial charge in [-0.05, 0) is 51.4 Å². The predicted molar refractivity (Wildman–Crippen MR) is 224 cm³/mol. The van der Waals surface area contributed by atoms with Crippen LogP contribution in [-0.4, -0.2) is 49.9 Å². The summed E-state index contributed by atoms with van der Waals surface area (Å²) in [6.45, 7) is 4.78. The summed E-state index contributed by atoms with van der Waals surface area (Å²) in [7, 11) is -4.27. The molecular weight excluding hydrogens is 685 g/mol. The highest BCUT2D eigenvalue weighted by Gasteiger charge is 2.25. The molecule has 2 atom stereocenters. The highest BCUT2D eigenvalue weighted by Crippen LogP contribution is 2.43. The lowest BCUT2D eigenvalue weighted by molar-refractivity contribution is -0.154. The van der Waals surface area contributed by atoms with Gasteiger partial charge in [-0.3, -0.25) is 13.8 Å². The largest absolute Gasteiger partial charge is 0.472 e. The van der Waals surface area contributed by atoms with Crippen molar-refractivity contribution in [2.24, 2.45) is 5.73 Å². The molecule has 0 aromatic heterocycles. The molecule has 0 heterocycles. The third kappa shape index (κ3) is 41.5. The number of phosphoric acid groups is 1. The van der Waals surface area contributed by atoms with Gasteiger partial charge in [0.05, 0.1) is 19.8 Å². The van der Waals surface area contributed by atoms with Crippen LogP contribution >= 0.6 is 7.82 Å². The van der Waals surface area contributed by atoms with Gasteiger partial charge in [-0.1, -0.05) is 178 Å². The summed E-state index contributed by atoms with van der Waals surface area (Å²) < 4.78 is 33.3. The SMILES string of the molecule is CC/C=C\C/C=C\C/C=C\C/C=C\CCCCCCCCCCCCCCCOCC(COP(=O)(O)OCCN)OC(=O)CCCCCCCCCC. The highest BCUT2D eigenvalue weighted by molar-refractivity contribution is 7.47. The van der Waals surface area contributed by atoms with Crippen molar-refractivity contribution in [2.45, 2.75) is 193 Å². The average Bonchev–Trinajstić information content (AvgIpc) is 3.15. The molecule has 0 fully saturated rings. The fourth-order valence-electron chi connectivity index (χ4n) is 5.87. The number of carbonyl (C=O) groups excluding carboxylic acids is 1. The highest BCUT2D eigenvalue weighted by atomic mass is 31.2. The van der Waals surface area contributed by atoms with Crippen molar-refractivity contribution in [1.29, 1.82) is 0 Å². The van der Waals surface area contributed by atoms with Gasteiger partial charge in [0.1, 0.15) is 6.10 Å². The molecule has 53 heavy (non-hydrogen) atoms. The van der Waals surface area contributed by atoms with Crippen LogP contribution in [0.25, 0.3) is 0 Å². The normalized spacial score (nSPS) is 14.0. The van der Waals surface area contributed by atoms with Gasteiger partial charge in [0.15, 0.2) is 0 Å². The number of rotatable bonds is 41. The predicted octanol–water partition coefficient (Wildman–Crippen LogP) is 12.8. The zero-order chi connectivity index (χ0) is 38.8. The van der Waals surface area contributed by atoms with Gasteiger partial charge in [0, 0.05) is 19.6 Å². The Kier molecular flexibility index (Phi) is 40.4. The van der Waals surface area contributed by atoms with E-state index >= 15 is 0 Å². The van der Waals surface area contributed by atoms with Gasteiger partial charge in [0.2, 0.25) is 0 Å². The molecule has 0 aromatic rings. The van der Waals surface area contributed by atoms with Crippen LogP contribution in [0, 0.1) is 0 Å². The van der Waals surface area contributed by atoms with Gasteiger partial charge in [-0.2, -0.15) is 0 Å². The topological polar surface area (TPSA) is 117 Å². The number of hydrogen-bond donors (Lipinski definition) is 2. The lowest BCUT2D eigenvalue weighted by atomic mass is 10.0. The molecule has 310 valence electrons. The number of carbonyl (C=O) groups is 1. The summed E-state index contributed by atoms with van der Waals surface area (Å²) in [5.41, 5.74) is 5.35. The van der Waals surface area contributed by atoms with E-state index in [0.717, 1.165) is 57.8 Å². The summed E-state index contributed by atoms with van der Waals surface area (Å²) in [4.78, 5) is 22.3. The van der Waals surface area contributed by atoms with E-state index in [1.807, 2.05) is 0 Å². The number of ether oxygens (including phenoxy) is 2. The fraction of sp³-hybridized carbons (Fsp3) is 0.795. The van der Waals surface area contributed by atoms with E-state index < -0.39 is 13.9 Å². The molecular formula is C44H82NO7P. The Labute approximate surface area is 326 Å². The Morgan fingerprint density at radius 2 is 1.06 bits per heavy atom. The second-order valence-electron chi connectivity index (χ2n) is 14.2. The fourth-order valence-corrected chi connectivity index (χ4v) is 6.64. The molecule has 0 saturated heterocycles. The van der Waals surface area contributed by atoms with Crippen LogP contribution in [0.2, 0.25) is 0 Å². The smallest absolute Gasteiger partial charge is 0.457 e. The molecule has 0 aromatic carbocycles. The van der Waals surface area contributed by atoms with Crippen LogP contribution < -0.4 is 5.73 Å². The van der Waals surface area contributed by atoms with Crippen LogP contribution in [-0.2, 0) is 27.9 Å². The Morgan fingerprint density at radius 3 is 1.58 bits per heavy atom. The molecule has 3 N–H and O–H groups in total. The maximum absolute atomic E-state index is 12.5. The van der Waals surface area contributed by atoms with E-state index in [4.69, 9.17) is 24.3 Å². The van der Waals surface area contributed by atoms with E-state index in [1.165, 1.54) is 109 Å². The van der Waals surface area contributed by atoms with Crippen LogP contribution in [0.4, 0.5) is 0 Å². The Bertz CT molecular complexity index is 952. The number of allylic oxidation sites excluding steroid dienone is 8. The molecule has 0 aliphatic heterocycles. The van der Waals surface area contributed by atoms with Crippen molar-refractivity contribution in [3.05, 3.63) is 48.6 Å². The molecule has 0 aliphatic carbocycles. The van der Waals surface area contributed by atoms with Crippen molar-refractivity contribution in [2.75, 3.05) is 33.0 Å². The Morgan fingerprint density at radius 1 is 0.585 bits per heavy atom. The van der Waals surface area contributed by atoms with E-state index in [-0.39, 0.29) is 32.3 Å². The number of phosphoric ester groups is 1. The summed E-state index contributed by atoms with van der Waals surface area (Å²) >= 11 is 0. The van der Waals surface area contributed by atoms with Crippen LogP contribution in [0.5, 0.6) is 0 Å². The lowest BCUT2D eigenvalue weighted by Crippen LogP contribution is -2.28. The van der Waals surface area contributed by atoms with Crippen molar-refractivity contribution in [1.82, 2.24) is 0 Å². The van der Waals surface area contributed by atoms with Crippen LogP contribution in [0.15, 0.2) is 48.6 Å². The molecule has 0 radical (unpaired) electrons. The van der Waals surface area contributed by atoms with Gasteiger partial charge in [-0.25, -0.2) is 4.57 Å². The van der Waals surface area contributed by atoms with E-state index in [2.05, 4.69) is 62.5 Å². The minimum atomic E-state index is -4.27. The molecule has 2 unspecified atom stereocenters. The second-order valence-corrected chi connectivity index (χ2v) is 15.6. The summed E-state index contributed by atoms with van der Waals surface area (Å²) in [5, 5.41) is 0. The van der Waals surface area contributed by atoms with Crippen LogP contribution in [0.3, 0.4) is 0 Å². The molecule has 9 heteroatoms. The minimum absolute atomic E-state index is 0.0954. The third-order valence-electron chi connectivity index (χ3n) is 9.01. The molecule has 8 nitrogen and oxygen atoms in total. The third-order valence-corrected chi connectivity index (χ3v) is 9.99. The van der Waals surface area contributed by atoms with E-state index in [0.29, 0.717) is 13.0 Å². The Balaban J connectivity index is 3.84. The number of nitrogens with two attached hydrogens (primary N) is 1. The molecule has 0 aliphatic rings. The van der Waals surface area contributed by atoms with Crippen molar-refractivity contribution in [3.63, 3.8) is 0 Å². The van der Waals surface area contributed by atoms with E-state index in [9.17, 15) is 14.3 Å². The zero-order valence-corrected chi connectivity index (χ0v) is 35.1. The maximum Gasteiger partial charge on any atom is 0.472 e. The molecule has 0 spiro atoms. The molecule has 0 amide bonds. The zero-order valence-electron chi connectivity index (χ0n) is 34.2. The van der Waals surface area contributed by atoms with Gasteiger partial charge in [-0.15, -0.1) is 0 Å². The maximum atomic E-state index is 12.5. The number of unbranched alkanes of at least 4 members (excludes halogenated alkanes) is 20. The summed E-state index contributed by atoms with van der Waals surface area (Å²) in [5.74, 6) is -0.336. The molecule has 0 bridgehead atoms. The van der Waals surface area contributed by atoms with Crippen LogP contribution in [0.1, 0.15) is 187 Å². The number of esters is 1. The summed E-state index contributed by atoms with van der Waals surface area (Å²) in [6, 6.07) is 0. The van der Waals surface area contributed by atoms with Crippen molar-refractivity contribution < 1.29 is 32.8 Å². The first kappa shape index (κ1) is 51.5. The quantitative estimate of drug-likeness (QED) is 0.0273. The van der Waals surface area contributed by atoms with Crippen molar-refractivity contribution in [3.8, 4) is 0 Å². The number of hydrogen-bond acceptors (Lipinski definition) is 7. The molecule has 0 saturated carbocycles. The first-order valence-electron chi connectivity index (χ1n) is 21.6. The minimum Gasteiger partial charge on any atom is -0.457 e. The monoisotopic (exact) mass is 768 g/mol. The lowest BCUT2D eigenvalue weighted by Gasteiger charge is -2.20. The average molecular weight is 768 g/mol. The van der Waals surface area contributed by atoms with Gasteiger partial charge >= 0.3 is 13.8 Å². The second kappa shape index (κ2) is 41.6. The van der Waals surface area contributed by atoms with Crippen molar-refractivity contribution >= 4 is 13.8 Å². The summed E-state index contributed by atoms with van der Waals surface area (Å²) in [6.07, 6.45) is 48.7. The van der Waals surface area contributed by atoms with Gasteiger partial charge < -0.3 is 20.1 Å². The van der Waals surface area contributed by atoms with E-state index in [1.54, 1.807) is 0 Å². The van der Waals surface area contributed by atoms with Gasteiger partial charge in [0.25, 0.3) is 0 Å². The Hall–Kier alpha value is -1.54.